The van der Waals surface area contributed by atoms with Crippen molar-refractivity contribution in [3.63, 3.8) is 0 Å². The van der Waals surface area contributed by atoms with Crippen LogP contribution in [0.3, 0.4) is 0 Å². The van der Waals surface area contributed by atoms with Gasteiger partial charge < -0.3 is 9.88 Å². The first-order valence-corrected chi connectivity index (χ1v) is 6.61. The van der Waals surface area contributed by atoms with Crippen LogP contribution in [0, 0.1) is 6.92 Å². The van der Waals surface area contributed by atoms with Crippen molar-refractivity contribution in [3.05, 3.63) is 33.9 Å². The number of anilines is 1. The fraction of sp³-hybridized carbons (Fsp3) is 0.400. The molecule has 1 aliphatic heterocycles. The molecule has 0 saturated carbocycles. The topological polar surface area (TPSA) is 66.1 Å². The van der Waals surface area contributed by atoms with Crippen LogP contribution < -0.4 is 10.5 Å². The van der Waals surface area contributed by atoms with Crippen LogP contribution in [-0.2, 0) is 10.2 Å². The van der Waals surface area contributed by atoms with Gasteiger partial charge in [-0.05, 0) is 24.6 Å². The molecule has 0 aliphatic carbocycles. The van der Waals surface area contributed by atoms with Gasteiger partial charge in [0.15, 0.2) is 0 Å². The summed E-state index contributed by atoms with van der Waals surface area (Å²) in [6.45, 7) is 5.85. The highest BCUT2D eigenvalue weighted by atomic mass is 16.2. The fourth-order valence-electron chi connectivity index (χ4n) is 2.84. The van der Waals surface area contributed by atoms with Crippen molar-refractivity contribution >= 4 is 22.5 Å². The molecule has 0 bridgehead atoms. The van der Waals surface area contributed by atoms with Crippen LogP contribution in [0.5, 0.6) is 0 Å². The van der Waals surface area contributed by atoms with E-state index in [0.29, 0.717) is 23.1 Å². The Balaban J connectivity index is 2.41. The summed E-state index contributed by atoms with van der Waals surface area (Å²) in [5.74, 6) is 0.666. The van der Waals surface area contributed by atoms with E-state index in [0.717, 1.165) is 11.3 Å². The zero-order valence-electron chi connectivity index (χ0n) is 12.1. The number of aryl methyl sites for hydroxylation is 1. The highest BCUT2D eigenvalue weighted by Crippen LogP contribution is 2.40. The number of aromatic amines is 1. The van der Waals surface area contributed by atoms with Gasteiger partial charge in [0.1, 0.15) is 5.82 Å². The van der Waals surface area contributed by atoms with E-state index in [1.165, 1.54) is 0 Å². The second-order valence-electron chi connectivity index (χ2n) is 6.05. The van der Waals surface area contributed by atoms with Crippen LogP contribution in [0.2, 0.25) is 0 Å². The number of aromatic nitrogens is 2. The molecule has 0 atom stereocenters. The van der Waals surface area contributed by atoms with Gasteiger partial charge >= 0.3 is 0 Å². The van der Waals surface area contributed by atoms with Gasteiger partial charge in [0.25, 0.3) is 5.56 Å². The number of amides is 1. The molecule has 0 spiro atoms. The maximum absolute atomic E-state index is 12.1. The van der Waals surface area contributed by atoms with Crippen molar-refractivity contribution in [1.29, 1.82) is 0 Å². The largest absolute Gasteiger partial charge is 0.315 e. The molecule has 1 aromatic carbocycles. The summed E-state index contributed by atoms with van der Waals surface area (Å²) in [5, 5.41) is 0.520. The molecule has 5 heteroatoms. The Hall–Kier alpha value is -2.17. The summed E-state index contributed by atoms with van der Waals surface area (Å²) in [5.41, 5.74) is 2.13. The summed E-state index contributed by atoms with van der Waals surface area (Å²) >= 11 is 0. The zero-order valence-corrected chi connectivity index (χ0v) is 12.1. The predicted molar refractivity (Wildman–Crippen MR) is 78.2 cm³/mol. The predicted octanol–water partition coefficient (Wildman–Crippen LogP) is 1.88. The molecular formula is C15H17N3O2. The molecule has 3 rings (SSSR count). The molecule has 2 aromatic rings. The molecule has 0 saturated heterocycles. The van der Waals surface area contributed by atoms with E-state index in [1.54, 1.807) is 24.9 Å². The molecular weight excluding hydrogens is 254 g/mol. The molecule has 1 N–H and O–H groups in total. The minimum atomic E-state index is -0.245. The maximum atomic E-state index is 12.1. The number of nitrogens with one attached hydrogen (secondary N) is 1. The van der Waals surface area contributed by atoms with Crippen molar-refractivity contribution in [1.82, 2.24) is 9.97 Å². The first-order valence-electron chi connectivity index (χ1n) is 6.61. The van der Waals surface area contributed by atoms with Crippen LogP contribution >= 0.6 is 0 Å². The van der Waals surface area contributed by atoms with E-state index in [-0.39, 0.29) is 16.9 Å². The normalized spacial score (nSPS) is 17.4. The number of hydrogen-bond acceptors (Lipinski definition) is 3. The lowest BCUT2D eigenvalue weighted by Gasteiger charge is -2.37. The highest BCUT2D eigenvalue weighted by Gasteiger charge is 2.35. The molecule has 0 radical (unpaired) electrons. The van der Waals surface area contributed by atoms with E-state index >= 15 is 0 Å². The highest BCUT2D eigenvalue weighted by molar-refractivity contribution is 6.00. The number of benzene rings is 1. The van der Waals surface area contributed by atoms with Gasteiger partial charge in [0.05, 0.1) is 10.9 Å². The number of rotatable bonds is 0. The van der Waals surface area contributed by atoms with E-state index in [2.05, 4.69) is 9.97 Å². The average molecular weight is 271 g/mol. The number of carbonyl (C=O) groups excluding carboxylic acids is 1. The van der Waals surface area contributed by atoms with Gasteiger partial charge in [-0.15, -0.1) is 0 Å². The van der Waals surface area contributed by atoms with E-state index < -0.39 is 0 Å². The first kappa shape index (κ1) is 12.8. The lowest BCUT2D eigenvalue weighted by atomic mass is 9.77. The van der Waals surface area contributed by atoms with Crippen molar-refractivity contribution in [2.45, 2.75) is 32.6 Å². The minimum absolute atomic E-state index is 0.0679. The fourth-order valence-corrected chi connectivity index (χ4v) is 2.84. The van der Waals surface area contributed by atoms with Gasteiger partial charge in [-0.25, -0.2) is 4.98 Å². The van der Waals surface area contributed by atoms with Crippen LogP contribution in [0.1, 0.15) is 31.7 Å². The molecule has 1 amide bonds. The van der Waals surface area contributed by atoms with Crippen molar-refractivity contribution in [3.8, 4) is 0 Å². The first-order chi connectivity index (χ1) is 9.29. The van der Waals surface area contributed by atoms with Crippen molar-refractivity contribution in [2.75, 3.05) is 11.9 Å². The Morgan fingerprint density at radius 1 is 1.30 bits per heavy atom. The van der Waals surface area contributed by atoms with Gasteiger partial charge in [0.2, 0.25) is 5.91 Å². The average Bonchev–Trinajstić information content (AvgIpc) is 2.34. The smallest absolute Gasteiger partial charge is 0.258 e. The molecule has 0 fully saturated rings. The summed E-state index contributed by atoms with van der Waals surface area (Å²) < 4.78 is 0. The molecule has 5 nitrogen and oxygen atoms in total. The summed E-state index contributed by atoms with van der Waals surface area (Å²) in [6, 6.07) is 3.71. The van der Waals surface area contributed by atoms with Crippen molar-refractivity contribution in [2.24, 2.45) is 0 Å². The molecule has 1 aliphatic rings. The van der Waals surface area contributed by atoms with Crippen LogP contribution in [0.25, 0.3) is 10.9 Å². The Morgan fingerprint density at radius 2 is 2.00 bits per heavy atom. The Kier molecular flexibility index (Phi) is 2.51. The van der Waals surface area contributed by atoms with Gasteiger partial charge in [0, 0.05) is 24.6 Å². The molecule has 2 heterocycles. The van der Waals surface area contributed by atoms with Gasteiger partial charge in [-0.2, -0.15) is 0 Å². The summed E-state index contributed by atoms with van der Waals surface area (Å²) in [4.78, 5) is 32.8. The minimum Gasteiger partial charge on any atom is -0.315 e. The number of fused-ring (bicyclic) bond motifs is 2. The van der Waals surface area contributed by atoms with Crippen LogP contribution in [0.15, 0.2) is 16.9 Å². The number of H-pyrrole nitrogens is 1. The zero-order chi connectivity index (χ0) is 14.7. The summed E-state index contributed by atoms with van der Waals surface area (Å²) in [7, 11) is 1.75. The lowest BCUT2D eigenvalue weighted by molar-refractivity contribution is -0.119. The molecule has 20 heavy (non-hydrogen) atoms. The number of nitrogens with zero attached hydrogens (tertiary/aromatic N) is 2. The Morgan fingerprint density at radius 3 is 2.70 bits per heavy atom. The number of hydrogen-bond donors (Lipinski definition) is 1. The lowest BCUT2D eigenvalue weighted by Crippen LogP contribution is -2.39. The monoisotopic (exact) mass is 271 g/mol. The standard InChI is InChI=1S/C15H17N3O2/c1-8-16-11-6-10-12(5-9(11)14(20)17-8)18(4)13(19)7-15(10,2)3/h5-6H,7H2,1-4H3,(H,16,17,20). The molecule has 1 aromatic heterocycles. The SMILES string of the molecule is Cc1nc2cc3c(cc2c(=O)[nH]1)N(C)C(=O)CC3(C)C. The Labute approximate surface area is 116 Å². The van der Waals surface area contributed by atoms with E-state index in [1.807, 2.05) is 19.9 Å². The van der Waals surface area contributed by atoms with Crippen LogP contribution in [-0.4, -0.2) is 22.9 Å². The van der Waals surface area contributed by atoms with Crippen LogP contribution in [0.4, 0.5) is 5.69 Å². The van der Waals surface area contributed by atoms with E-state index in [4.69, 9.17) is 0 Å². The van der Waals surface area contributed by atoms with Gasteiger partial charge in [-0.3, -0.25) is 9.59 Å². The van der Waals surface area contributed by atoms with Crippen molar-refractivity contribution < 1.29 is 4.79 Å². The summed E-state index contributed by atoms with van der Waals surface area (Å²) in [6.07, 6.45) is 0.462. The Bertz CT molecular complexity index is 790. The molecule has 104 valence electrons. The third-order valence-electron chi connectivity index (χ3n) is 4.00. The second kappa shape index (κ2) is 3.91. The molecule has 0 unspecified atom stereocenters. The maximum Gasteiger partial charge on any atom is 0.258 e. The third kappa shape index (κ3) is 1.73. The second-order valence-corrected chi connectivity index (χ2v) is 6.05. The van der Waals surface area contributed by atoms with Gasteiger partial charge in [-0.1, -0.05) is 13.8 Å². The van der Waals surface area contributed by atoms with E-state index in [9.17, 15) is 9.59 Å². The number of carbonyl (C=O) groups is 1. The third-order valence-corrected chi connectivity index (χ3v) is 4.00. The quantitative estimate of drug-likeness (QED) is 0.795.